The van der Waals surface area contributed by atoms with Gasteiger partial charge in [0.1, 0.15) is 0 Å². The van der Waals surface area contributed by atoms with Crippen LogP contribution in [0.15, 0.2) is 72.9 Å². The lowest BCUT2D eigenvalue weighted by Gasteiger charge is -2.14. The minimum atomic E-state index is 1.10. The van der Waals surface area contributed by atoms with E-state index in [1.165, 1.54) is 44.2 Å². The molecule has 2 aliphatic rings. The van der Waals surface area contributed by atoms with Crippen molar-refractivity contribution < 1.29 is 0 Å². The highest BCUT2D eigenvalue weighted by atomic mass is 15.0. The van der Waals surface area contributed by atoms with Gasteiger partial charge in [0.15, 0.2) is 0 Å². The second kappa shape index (κ2) is 6.17. The largest absolute Gasteiger partial charge is 0.313 e. The first-order chi connectivity index (χ1) is 12.8. The van der Waals surface area contributed by atoms with E-state index < -0.39 is 0 Å². The number of aromatic nitrogens is 1. The molecule has 0 unspecified atom stereocenters. The zero-order valence-electron chi connectivity index (χ0n) is 15.2. The molecule has 2 aromatic carbocycles. The molecule has 0 amide bonds. The molecule has 0 atom stereocenters. The average molecular weight is 337 g/mol. The van der Waals surface area contributed by atoms with Crippen molar-refractivity contribution in [1.82, 2.24) is 4.57 Å². The van der Waals surface area contributed by atoms with Gasteiger partial charge >= 0.3 is 0 Å². The topological polar surface area (TPSA) is 4.93 Å². The Morgan fingerprint density at radius 2 is 1.62 bits per heavy atom. The first kappa shape index (κ1) is 15.5. The molecule has 0 saturated carbocycles. The van der Waals surface area contributed by atoms with Crippen molar-refractivity contribution in [3.05, 3.63) is 84.0 Å². The maximum Gasteiger partial charge on any atom is 0.0540 e. The van der Waals surface area contributed by atoms with Crippen LogP contribution < -0.4 is 0 Å². The van der Waals surface area contributed by atoms with E-state index in [2.05, 4.69) is 84.3 Å². The molecule has 0 saturated heterocycles. The Hall–Kier alpha value is -2.80. The van der Waals surface area contributed by atoms with E-state index >= 15 is 0 Å². The predicted molar refractivity (Wildman–Crippen MR) is 113 cm³/mol. The summed E-state index contributed by atoms with van der Waals surface area (Å²) in [6.45, 7) is 2.18. The molecule has 0 radical (unpaired) electrons. The van der Waals surface area contributed by atoms with Crippen molar-refractivity contribution in [3.8, 4) is 0 Å². The number of fused-ring (bicyclic) bond motifs is 3. The third-order valence-corrected chi connectivity index (χ3v) is 5.59. The van der Waals surface area contributed by atoms with Crippen LogP contribution in [0.3, 0.4) is 0 Å². The number of aryl methyl sites for hydroxylation is 1. The summed E-state index contributed by atoms with van der Waals surface area (Å²) >= 11 is 0. The summed E-state index contributed by atoms with van der Waals surface area (Å²) in [5.41, 5.74) is 8.17. The van der Waals surface area contributed by atoms with Crippen LogP contribution in [-0.4, -0.2) is 4.57 Å². The molecule has 1 nitrogen and oxygen atoms in total. The highest BCUT2D eigenvalue weighted by molar-refractivity contribution is 6.11. The van der Waals surface area contributed by atoms with Crippen molar-refractivity contribution in [2.45, 2.75) is 32.6 Å². The molecule has 1 aromatic heterocycles. The van der Waals surface area contributed by atoms with Gasteiger partial charge in [-0.3, -0.25) is 0 Å². The van der Waals surface area contributed by atoms with Gasteiger partial charge in [-0.05, 0) is 73.6 Å². The van der Waals surface area contributed by atoms with Crippen LogP contribution in [0.25, 0.3) is 33.1 Å². The van der Waals surface area contributed by atoms with Gasteiger partial charge < -0.3 is 4.57 Å². The van der Waals surface area contributed by atoms with E-state index in [-0.39, 0.29) is 0 Å². The standard InChI is InChI=1S/C25H23N/c1-18-12-14-22-23-17-20(19-8-4-2-5-9-19)13-15-24(23)26(25(22)16-18)21-10-6-3-7-11-21/h2-4,6,8,10,12-17H,5,7,9,11H2,1H3. The number of benzene rings is 2. The summed E-state index contributed by atoms with van der Waals surface area (Å²) in [4.78, 5) is 0. The second-order valence-corrected chi connectivity index (χ2v) is 7.37. The molecule has 0 aliphatic heterocycles. The van der Waals surface area contributed by atoms with Gasteiger partial charge in [-0.25, -0.2) is 0 Å². The molecule has 3 aromatic rings. The van der Waals surface area contributed by atoms with Crippen LogP contribution in [0.5, 0.6) is 0 Å². The summed E-state index contributed by atoms with van der Waals surface area (Å²) in [5, 5.41) is 2.72. The van der Waals surface area contributed by atoms with Crippen molar-refractivity contribution >= 4 is 33.1 Å². The lowest BCUT2D eigenvalue weighted by Crippen LogP contribution is -1.99. The van der Waals surface area contributed by atoms with Gasteiger partial charge in [-0.2, -0.15) is 0 Å². The Morgan fingerprint density at radius 1 is 0.769 bits per heavy atom. The second-order valence-electron chi connectivity index (χ2n) is 7.37. The van der Waals surface area contributed by atoms with E-state index in [0.29, 0.717) is 0 Å². The lowest BCUT2D eigenvalue weighted by molar-refractivity contribution is 0.979. The van der Waals surface area contributed by atoms with E-state index in [4.69, 9.17) is 0 Å². The SMILES string of the molecule is Cc1ccc2c3cc(C4=CC=CCC4)ccc3n(C3=CC=CCC3)c2c1. The molecule has 0 N–H and O–H groups in total. The fraction of sp³-hybridized carbons (Fsp3) is 0.200. The van der Waals surface area contributed by atoms with Crippen LogP contribution in [0, 0.1) is 6.92 Å². The van der Waals surface area contributed by atoms with Gasteiger partial charge in [0.05, 0.1) is 11.0 Å². The lowest BCUT2D eigenvalue weighted by atomic mass is 9.96. The minimum absolute atomic E-state index is 1.10. The first-order valence-electron chi connectivity index (χ1n) is 9.58. The van der Waals surface area contributed by atoms with Crippen LogP contribution in [0.2, 0.25) is 0 Å². The van der Waals surface area contributed by atoms with Crippen molar-refractivity contribution in [3.63, 3.8) is 0 Å². The zero-order valence-corrected chi connectivity index (χ0v) is 15.2. The van der Waals surface area contributed by atoms with Gasteiger partial charge in [0, 0.05) is 16.5 Å². The molecule has 26 heavy (non-hydrogen) atoms. The fourth-order valence-corrected chi connectivity index (χ4v) is 4.26. The fourth-order valence-electron chi connectivity index (χ4n) is 4.26. The Bertz CT molecular complexity index is 1130. The van der Waals surface area contributed by atoms with Gasteiger partial charge in [0.25, 0.3) is 0 Å². The van der Waals surface area contributed by atoms with E-state index in [9.17, 15) is 0 Å². The van der Waals surface area contributed by atoms with Crippen molar-refractivity contribution in [1.29, 1.82) is 0 Å². The Kier molecular flexibility index (Phi) is 3.67. The van der Waals surface area contributed by atoms with Crippen molar-refractivity contribution in [2.75, 3.05) is 0 Å². The zero-order chi connectivity index (χ0) is 17.5. The Balaban J connectivity index is 1.81. The van der Waals surface area contributed by atoms with E-state index in [1.54, 1.807) is 0 Å². The molecule has 0 fully saturated rings. The summed E-state index contributed by atoms with van der Waals surface area (Å²) in [6.07, 6.45) is 17.9. The van der Waals surface area contributed by atoms with Crippen molar-refractivity contribution in [2.24, 2.45) is 0 Å². The summed E-state index contributed by atoms with van der Waals surface area (Å²) in [7, 11) is 0. The van der Waals surface area contributed by atoms with Crippen LogP contribution in [0.4, 0.5) is 0 Å². The summed E-state index contributed by atoms with van der Waals surface area (Å²) in [6, 6.07) is 13.9. The Morgan fingerprint density at radius 3 is 2.38 bits per heavy atom. The molecule has 0 bridgehead atoms. The number of allylic oxidation sites excluding steroid dienone is 8. The van der Waals surface area contributed by atoms with Gasteiger partial charge in [0.2, 0.25) is 0 Å². The molecule has 1 heterocycles. The normalized spacial score (nSPS) is 17.0. The number of nitrogens with zero attached hydrogens (tertiary/aromatic N) is 1. The number of rotatable bonds is 2. The maximum absolute atomic E-state index is 2.47. The van der Waals surface area contributed by atoms with Crippen LogP contribution >= 0.6 is 0 Å². The molecule has 128 valence electrons. The molecule has 0 spiro atoms. The summed E-state index contributed by atoms with van der Waals surface area (Å²) in [5.74, 6) is 0. The van der Waals surface area contributed by atoms with E-state index in [1.807, 2.05) is 0 Å². The highest BCUT2D eigenvalue weighted by Gasteiger charge is 2.15. The first-order valence-corrected chi connectivity index (χ1v) is 9.58. The molecule has 5 rings (SSSR count). The Labute approximate surface area is 154 Å². The average Bonchev–Trinajstić information content (AvgIpc) is 3.02. The minimum Gasteiger partial charge on any atom is -0.313 e. The number of hydrogen-bond acceptors (Lipinski definition) is 0. The number of hydrogen-bond donors (Lipinski definition) is 0. The summed E-state index contributed by atoms with van der Waals surface area (Å²) < 4.78 is 2.47. The third kappa shape index (κ3) is 2.47. The molecular weight excluding hydrogens is 314 g/mol. The van der Waals surface area contributed by atoms with Gasteiger partial charge in [-0.1, -0.05) is 48.6 Å². The molecule has 1 heteroatoms. The molecule has 2 aliphatic carbocycles. The quantitative estimate of drug-likeness (QED) is 0.473. The van der Waals surface area contributed by atoms with Crippen LogP contribution in [-0.2, 0) is 0 Å². The highest BCUT2D eigenvalue weighted by Crippen LogP contribution is 2.36. The van der Waals surface area contributed by atoms with Crippen LogP contribution in [0.1, 0.15) is 36.8 Å². The maximum atomic E-state index is 2.47. The monoisotopic (exact) mass is 337 g/mol. The van der Waals surface area contributed by atoms with E-state index in [0.717, 1.165) is 25.7 Å². The smallest absolute Gasteiger partial charge is 0.0540 e. The van der Waals surface area contributed by atoms with Gasteiger partial charge in [-0.15, -0.1) is 0 Å². The molecular formula is C25H23N. The predicted octanol–water partition coefficient (Wildman–Crippen LogP) is 7.03. The third-order valence-electron chi connectivity index (χ3n) is 5.59.